The molecule has 0 aliphatic carbocycles. The van der Waals surface area contributed by atoms with Gasteiger partial charge in [0.2, 0.25) is 11.8 Å². The lowest BCUT2D eigenvalue weighted by Crippen LogP contribution is -2.41. The summed E-state index contributed by atoms with van der Waals surface area (Å²) in [5.41, 5.74) is 1.73. The van der Waals surface area contributed by atoms with Gasteiger partial charge in [-0.2, -0.15) is 0 Å². The number of benzene rings is 2. The zero-order valence-electron chi connectivity index (χ0n) is 16.4. The number of rotatable bonds is 4. The first kappa shape index (κ1) is 20.8. The third-order valence-corrected chi connectivity index (χ3v) is 6.48. The normalized spacial score (nSPS) is 16.2. The molecule has 4 rings (SSSR count). The largest absolute Gasteiger partial charge is 0.339 e. The summed E-state index contributed by atoms with van der Waals surface area (Å²) < 4.78 is 0. The molecule has 0 unspecified atom stereocenters. The van der Waals surface area contributed by atoms with Gasteiger partial charge in [0, 0.05) is 34.3 Å². The first-order valence-electron chi connectivity index (χ1n) is 9.93. The Bertz CT molecular complexity index is 991. The number of hydrogen-bond acceptors (Lipinski definition) is 4. The molecule has 2 aliphatic rings. The van der Waals surface area contributed by atoms with Gasteiger partial charge in [-0.05, 0) is 55.7 Å². The average Bonchev–Trinajstić information content (AvgIpc) is 2.75. The van der Waals surface area contributed by atoms with Gasteiger partial charge in [0.05, 0.1) is 11.4 Å². The van der Waals surface area contributed by atoms with Crippen LogP contribution in [0.4, 0.5) is 11.4 Å². The molecule has 156 valence electrons. The monoisotopic (exact) mass is 443 g/mol. The van der Waals surface area contributed by atoms with Crippen LogP contribution >= 0.6 is 23.4 Å². The summed E-state index contributed by atoms with van der Waals surface area (Å²) in [6.45, 7) is 1.39. The quantitative estimate of drug-likeness (QED) is 0.774. The molecule has 0 spiro atoms. The summed E-state index contributed by atoms with van der Waals surface area (Å²) in [7, 11) is 0. The first-order chi connectivity index (χ1) is 14.5. The Balaban J connectivity index is 1.54. The maximum atomic E-state index is 12.9. The van der Waals surface area contributed by atoms with Crippen molar-refractivity contribution < 1.29 is 14.4 Å². The first-order valence-corrected chi connectivity index (χ1v) is 11.3. The Morgan fingerprint density at radius 3 is 2.63 bits per heavy atom. The van der Waals surface area contributed by atoms with Crippen LogP contribution in [-0.2, 0) is 9.59 Å². The maximum absolute atomic E-state index is 12.9. The summed E-state index contributed by atoms with van der Waals surface area (Å²) in [5, 5.41) is 3.29. The van der Waals surface area contributed by atoms with E-state index in [0.29, 0.717) is 22.0 Å². The Morgan fingerprint density at radius 2 is 1.87 bits per heavy atom. The van der Waals surface area contributed by atoms with Gasteiger partial charge in [-0.15, -0.1) is 11.8 Å². The number of anilines is 2. The molecule has 0 saturated carbocycles. The highest BCUT2D eigenvalue weighted by Crippen LogP contribution is 2.36. The summed E-state index contributed by atoms with van der Waals surface area (Å²) >= 11 is 7.39. The number of likely N-dealkylation sites (tertiary alicyclic amines) is 1. The van der Waals surface area contributed by atoms with Crippen molar-refractivity contribution in [2.45, 2.75) is 24.2 Å². The second kappa shape index (κ2) is 9.10. The van der Waals surface area contributed by atoms with E-state index in [0.717, 1.165) is 37.2 Å². The number of fused-ring (bicyclic) bond motifs is 1. The van der Waals surface area contributed by atoms with Crippen LogP contribution < -0.4 is 10.2 Å². The van der Waals surface area contributed by atoms with Crippen molar-refractivity contribution >= 4 is 52.5 Å². The summed E-state index contributed by atoms with van der Waals surface area (Å²) in [6.07, 6.45) is 3.18. The van der Waals surface area contributed by atoms with Crippen LogP contribution in [0.3, 0.4) is 0 Å². The Morgan fingerprint density at radius 1 is 1.07 bits per heavy atom. The molecule has 2 heterocycles. The van der Waals surface area contributed by atoms with E-state index < -0.39 is 0 Å². The number of nitrogens with one attached hydrogen (secondary N) is 1. The van der Waals surface area contributed by atoms with Gasteiger partial charge in [0.15, 0.2) is 0 Å². The topological polar surface area (TPSA) is 69.7 Å². The average molecular weight is 444 g/mol. The van der Waals surface area contributed by atoms with Crippen molar-refractivity contribution in [3.05, 3.63) is 53.1 Å². The van der Waals surface area contributed by atoms with Crippen LogP contribution in [0.1, 0.15) is 29.6 Å². The van der Waals surface area contributed by atoms with E-state index >= 15 is 0 Å². The molecule has 3 amide bonds. The smallest absolute Gasteiger partial charge is 0.253 e. The fraction of sp³-hybridized carbons (Fsp3) is 0.318. The minimum Gasteiger partial charge on any atom is -0.339 e. The number of piperidine rings is 1. The van der Waals surface area contributed by atoms with Crippen LogP contribution in [0, 0.1) is 0 Å². The lowest BCUT2D eigenvalue weighted by molar-refractivity contribution is -0.120. The Labute approximate surface area is 184 Å². The summed E-state index contributed by atoms with van der Waals surface area (Å²) in [4.78, 5) is 42.3. The van der Waals surface area contributed by atoms with Gasteiger partial charge in [-0.1, -0.05) is 17.7 Å². The lowest BCUT2D eigenvalue weighted by atomic mass is 10.1. The number of carbonyl (C=O) groups is 3. The number of hydrogen-bond donors (Lipinski definition) is 1. The molecule has 0 atom stereocenters. The highest BCUT2D eigenvalue weighted by atomic mass is 35.5. The van der Waals surface area contributed by atoms with Gasteiger partial charge >= 0.3 is 0 Å². The molecule has 0 aromatic heterocycles. The molecule has 1 N–H and O–H groups in total. The molecule has 0 radical (unpaired) electrons. The van der Waals surface area contributed by atoms with E-state index in [2.05, 4.69) is 5.32 Å². The van der Waals surface area contributed by atoms with Crippen LogP contribution in [0.2, 0.25) is 5.02 Å². The van der Waals surface area contributed by atoms with Crippen molar-refractivity contribution in [2.24, 2.45) is 0 Å². The van der Waals surface area contributed by atoms with E-state index in [1.165, 1.54) is 16.7 Å². The standard InChI is InChI=1S/C22H22ClN3O3S/c23-16-5-4-6-17(12-16)24-20(27)13-26-18-11-15(7-8-19(18)30-14-21(26)28)22(29)25-9-2-1-3-10-25/h4-8,11-12H,1-3,9-10,13-14H2,(H,24,27). The Hall–Kier alpha value is -2.51. The van der Waals surface area contributed by atoms with Crippen molar-refractivity contribution in [2.75, 3.05) is 35.6 Å². The number of nitrogens with zero attached hydrogens (tertiary/aromatic N) is 2. The number of thioether (sulfide) groups is 1. The fourth-order valence-corrected chi connectivity index (χ4v) is 4.80. The fourth-order valence-electron chi connectivity index (χ4n) is 3.70. The van der Waals surface area contributed by atoms with Gasteiger partial charge in [0.1, 0.15) is 6.54 Å². The predicted octanol–water partition coefficient (Wildman–Crippen LogP) is 4.04. The van der Waals surface area contributed by atoms with Crippen molar-refractivity contribution in [3.63, 3.8) is 0 Å². The third-order valence-electron chi connectivity index (χ3n) is 5.20. The summed E-state index contributed by atoms with van der Waals surface area (Å²) in [5.74, 6) is -0.243. The highest BCUT2D eigenvalue weighted by molar-refractivity contribution is 8.00. The molecular weight excluding hydrogens is 422 g/mol. The van der Waals surface area contributed by atoms with Crippen molar-refractivity contribution in [1.82, 2.24) is 4.90 Å². The minimum atomic E-state index is -0.323. The third kappa shape index (κ3) is 4.63. The number of carbonyl (C=O) groups excluding carboxylic acids is 3. The van der Waals surface area contributed by atoms with Gasteiger partial charge in [-0.25, -0.2) is 0 Å². The van der Waals surface area contributed by atoms with E-state index in [9.17, 15) is 14.4 Å². The van der Waals surface area contributed by atoms with Crippen LogP contribution in [-0.4, -0.2) is 48.0 Å². The van der Waals surface area contributed by atoms with Crippen LogP contribution in [0.5, 0.6) is 0 Å². The molecule has 0 bridgehead atoms. The molecule has 1 saturated heterocycles. The number of amides is 3. The van der Waals surface area contributed by atoms with E-state index in [1.54, 1.807) is 30.3 Å². The second-order valence-electron chi connectivity index (χ2n) is 7.36. The van der Waals surface area contributed by atoms with Crippen molar-refractivity contribution in [3.8, 4) is 0 Å². The zero-order valence-corrected chi connectivity index (χ0v) is 18.0. The molecule has 8 heteroatoms. The molecular formula is C22H22ClN3O3S. The molecule has 6 nitrogen and oxygen atoms in total. The predicted molar refractivity (Wildman–Crippen MR) is 119 cm³/mol. The van der Waals surface area contributed by atoms with Crippen LogP contribution in [0.25, 0.3) is 0 Å². The van der Waals surface area contributed by atoms with Crippen LogP contribution in [0.15, 0.2) is 47.4 Å². The van der Waals surface area contributed by atoms with Crippen molar-refractivity contribution in [1.29, 1.82) is 0 Å². The number of halogens is 1. The van der Waals surface area contributed by atoms with Gasteiger partial charge in [0.25, 0.3) is 5.91 Å². The summed E-state index contributed by atoms with van der Waals surface area (Å²) in [6, 6.07) is 12.3. The van der Waals surface area contributed by atoms with Gasteiger partial charge < -0.3 is 15.1 Å². The molecule has 2 aromatic carbocycles. The van der Waals surface area contributed by atoms with E-state index in [1.807, 2.05) is 17.0 Å². The molecule has 2 aliphatic heterocycles. The van der Waals surface area contributed by atoms with E-state index in [4.69, 9.17) is 11.6 Å². The Kier molecular flexibility index (Phi) is 6.29. The molecule has 2 aromatic rings. The SMILES string of the molecule is O=C(CN1C(=O)CSc2ccc(C(=O)N3CCCCC3)cc21)Nc1cccc(Cl)c1. The maximum Gasteiger partial charge on any atom is 0.253 e. The van der Waals surface area contributed by atoms with Gasteiger partial charge in [-0.3, -0.25) is 14.4 Å². The second-order valence-corrected chi connectivity index (χ2v) is 8.82. The minimum absolute atomic E-state index is 0.0242. The van der Waals surface area contributed by atoms with E-state index in [-0.39, 0.29) is 30.0 Å². The lowest BCUT2D eigenvalue weighted by Gasteiger charge is -2.30. The zero-order chi connectivity index (χ0) is 21.1. The molecule has 30 heavy (non-hydrogen) atoms. The molecule has 1 fully saturated rings. The highest BCUT2D eigenvalue weighted by Gasteiger charge is 2.28.